The summed E-state index contributed by atoms with van der Waals surface area (Å²) >= 11 is 0. The molecule has 0 saturated heterocycles. The van der Waals surface area contributed by atoms with Gasteiger partial charge in [-0.05, 0) is 53.5 Å². The molecule has 0 unspecified atom stereocenters. The summed E-state index contributed by atoms with van der Waals surface area (Å²) in [7, 11) is -1.54. The van der Waals surface area contributed by atoms with E-state index < -0.39 is 7.12 Å². The van der Waals surface area contributed by atoms with E-state index in [0.29, 0.717) is 5.46 Å². The van der Waals surface area contributed by atoms with Crippen LogP contribution in [0.15, 0.2) is 121 Å². The normalized spacial score (nSPS) is 11.1. The highest BCUT2D eigenvalue weighted by Gasteiger charge is 2.18. The quantitative estimate of drug-likeness (QED) is 0.275. The number of anilines is 3. The number of hydrogen-bond donors (Lipinski definition) is 3. The van der Waals surface area contributed by atoms with Crippen molar-refractivity contribution in [3.05, 3.63) is 121 Å². The third-order valence-electron chi connectivity index (χ3n) is 6.40. The predicted molar refractivity (Wildman–Crippen MR) is 146 cm³/mol. The fraction of sp³-hybridized carbons (Fsp3) is 0. The van der Waals surface area contributed by atoms with E-state index in [-0.39, 0.29) is 0 Å². The second-order valence-corrected chi connectivity index (χ2v) is 8.59. The van der Waals surface area contributed by atoms with Crippen molar-refractivity contribution < 1.29 is 10.0 Å². The zero-order valence-corrected chi connectivity index (χ0v) is 19.0. The number of hydrogen-bond acceptors (Lipinski definition) is 3. The van der Waals surface area contributed by atoms with Crippen molar-refractivity contribution in [3.8, 4) is 11.1 Å². The van der Waals surface area contributed by atoms with Crippen molar-refractivity contribution in [1.82, 2.24) is 4.98 Å². The molecule has 35 heavy (non-hydrogen) atoms. The summed E-state index contributed by atoms with van der Waals surface area (Å²) in [6, 6.07) is 40.7. The first kappa shape index (κ1) is 21.2. The SMILES string of the molecule is OB(O)c1cc(-c2ccc(N(c3ccccc3)c3ccccc3)cc2)c2[nH]c3ccccc3c2c1. The Balaban J connectivity index is 1.49. The molecule has 0 spiro atoms. The molecule has 4 nitrogen and oxygen atoms in total. The minimum absolute atomic E-state index is 0.469. The second kappa shape index (κ2) is 8.80. The van der Waals surface area contributed by atoms with Crippen LogP contribution >= 0.6 is 0 Å². The molecule has 5 aromatic carbocycles. The van der Waals surface area contributed by atoms with Crippen molar-refractivity contribution in [2.24, 2.45) is 0 Å². The van der Waals surface area contributed by atoms with Crippen LogP contribution in [-0.2, 0) is 0 Å². The van der Waals surface area contributed by atoms with Gasteiger partial charge in [-0.1, -0.05) is 78.9 Å². The molecule has 1 aromatic heterocycles. The Morgan fingerprint density at radius 2 is 1.14 bits per heavy atom. The van der Waals surface area contributed by atoms with Gasteiger partial charge >= 0.3 is 7.12 Å². The Bertz CT molecular complexity index is 1570. The maximum atomic E-state index is 9.97. The fourth-order valence-electron chi connectivity index (χ4n) is 4.74. The van der Waals surface area contributed by atoms with Crippen LogP contribution in [0.2, 0.25) is 0 Å². The molecule has 0 aliphatic heterocycles. The van der Waals surface area contributed by atoms with Gasteiger partial charge in [0.05, 0.1) is 5.52 Å². The Kier molecular flexibility index (Phi) is 5.34. The smallest absolute Gasteiger partial charge is 0.423 e. The Hall–Kier alpha value is -4.32. The van der Waals surface area contributed by atoms with Crippen LogP contribution in [0.5, 0.6) is 0 Å². The molecule has 0 bridgehead atoms. The Labute approximate surface area is 203 Å². The van der Waals surface area contributed by atoms with Gasteiger partial charge in [-0.25, -0.2) is 0 Å². The summed E-state index contributed by atoms with van der Waals surface area (Å²) in [5, 5.41) is 22.0. The molecular weight excluding hydrogens is 431 g/mol. The molecule has 0 radical (unpaired) electrons. The Morgan fingerprint density at radius 3 is 1.77 bits per heavy atom. The Morgan fingerprint density at radius 1 is 0.571 bits per heavy atom. The van der Waals surface area contributed by atoms with Gasteiger partial charge in [0.2, 0.25) is 0 Å². The minimum Gasteiger partial charge on any atom is -0.423 e. The van der Waals surface area contributed by atoms with Gasteiger partial charge in [-0.2, -0.15) is 0 Å². The molecule has 3 N–H and O–H groups in total. The van der Waals surface area contributed by atoms with E-state index in [2.05, 4.69) is 58.4 Å². The first-order valence-corrected chi connectivity index (χ1v) is 11.6. The number of nitrogens with one attached hydrogen (secondary N) is 1. The van der Waals surface area contributed by atoms with Crippen LogP contribution in [0.3, 0.4) is 0 Å². The van der Waals surface area contributed by atoms with Gasteiger partial charge in [0.25, 0.3) is 0 Å². The van der Waals surface area contributed by atoms with Crippen molar-refractivity contribution in [2.75, 3.05) is 4.90 Å². The summed E-state index contributed by atoms with van der Waals surface area (Å²) in [6.07, 6.45) is 0. The number of fused-ring (bicyclic) bond motifs is 3. The third kappa shape index (κ3) is 3.87. The largest absolute Gasteiger partial charge is 0.488 e. The van der Waals surface area contributed by atoms with Crippen LogP contribution in [0, 0.1) is 0 Å². The van der Waals surface area contributed by atoms with Crippen molar-refractivity contribution in [3.63, 3.8) is 0 Å². The lowest BCUT2D eigenvalue weighted by atomic mass is 9.78. The fourth-order valence-corrected chi connectivity index (χ4v) is 4.74. The number of H-pyrrole nitrogens is 1. The van der Waals surface area contributed by atoms with Gasteiger partial charge in [0, 0.05) is 38.9 Å². The molecular formula is C30H23BN2O2. The molecule has 0 saturated carbocycles. The van der Waals surface area contributed by atoms with E-state index in [9.17, 15) is 10.0 Å². The first-order valence-electron chi connectivity index (χ1n) is 11.6. The first-order chi connectivity index (χ1) is 17.2. The van der Waals surface area contributed by atoms with Crippen LogP contribution in [-0.4, -0.2) is 22.2 Å². The molecule has 168 valence electrons. The highest BCUT2D eigenvalue weighted by Crippen LogP contribution is 2.37. The van der Waals surface area contributed by atoms with Gasteiger partial charge in [-0.15, -0.1) is 0 Å². The van der Waals surface area contributed by atoms with Crippen LogP contribution in [0.25, 0.3) is 32.9 Å². The molecule has 0 aliphatic rings. The predicted octanol–water partition coefficient (Wildman–Crippen LogP) is 6.14. The number of para-hydroxylation sites is 3. The number of aromatic amines is 1. The molecule has 1 heterocycles. The van der Waals surface area contributed by atoms with Gasteiger partial charge < -0.3 is 19.9 Å². The van der Waals surface area contributed by atoms with E-state index in [1.54, 1.807) is 0 Å². The molecule has 6 aromatic rings. The molecule has 5 heteroatoms. The molecule has 0 aliphatic carbocycles. The van der Waals surface area contributed by atoms with Crippen LogP contribution in [0.1, 0.15) is 0 Å². The molecule has 0 atom stereocenters. The average Bonchev–Trinajstić information content (AvgIpc) is 3.29. The van der Waals surface area contributed by atoms with E-state index >= 15 is 0 Å². The zero-order valence-electron chi connectivity index (χ0n) is 19.0. The summed E-state index contributed by atoms with van der Waals surface area (Å²) in [5.74, 6) is 0. The van der Waals surface area contributed by atoms with Crippen LogP contribution in [0.4, 0.5) is 17.1 Å². The van der Waals surface area contributed by atoms with Gasteiger partial charge in [0.1, 0.15) is 0 Å². The second-order valence-electron chi connectivity index (χ2n) is 8.59. The standard InChI is InChI=1S/C30H23BN2O2/c34-31(35)22-19-27(30-28(20-22)26-13-7-8-14-29(26)32-30)21-15-17-25(18-16-21)33(23-9-3-1-4-10-23)24-11-5-2-6-12-24/h1-20,32,34-35H. The maximum Gasteiger partial charge on any atom is 0.488 e. The molecule has 0 amide bonds. The zero-order chi connectivity index (χ0) is 23.8. The van der Waals surface area contributed by atoms with E-state index in [1.807, 2.05) is 72.8 Å². The summed E-state index contributed by atoms with van der Waals surface area (Å²) in [4.78, 5) is 5.75. The lowest BCUT2D eigenvalue weighted by Gasteiger charge is -2.25. The number of nitrogens with zero attached hydrogens (tertiary/aromatic N) is 1. The monoisotopic (exact) mass is 454 g/mol. The third-order valence-corrected chi connectivity index (χ3v) is 6.40. The van der Waals surface area contributed by atoms with Gasteiger partial charge in [-0.3, -0.25) is 0 Å². The summed E-state index contributed by atoms with van der Waals surface area (Å²) in [5.41, 5.74) is 7.59. The maximum absolute atomic E-state index is 9.97. The van der Waals surface area contributed by atoms with Gasteiger partial charge in [0.15, 0.2) is 0 Å². The van der Waals surface area contributed by atoms with E-state index in [0.717, 1.165) is 50.0 Å². The lowest BCUT2D eigenvalue weighted by molar-refractivity contribution is 0.426. The van der Waals surface area contributed by atoms with Crippen molar-refractivity contribution >= 4 is 51.4 Å². The average molecular weight is 454 g/mol. The van der Waals surface area contributed by atoms with E-state index in [1.165, 1.54) is 0 Å². The number of aromatic nitrogens is 1. The highest BCUT2D eigenvalue weighted by atomic mass is 16.4. The summed E-state index contributed by atoms with van der Waals surface area (Å²) < 4.78 is 0. The number of benzene rings is 5. The topological polar surface area (TPSA) is 59.5 Å². The van der Waals surface area contributed by atoms with Crippen molar-refractivity contribution in [1.29, 1.82) is 0 Å². The number of rotatable bonds is 5. The highest BCUT2D eigenvalue weighted by molar-refractivity contribution is 6.59. The van der Waals surface area contributed by atoms with Crippen molar-refractivity contribution in [2.45, 2.75) is 0 Å². The summed E-state index contributed by atoms with van der Waals surface area (Å²) in [6.45, 7) is 0. The molecule has 6 rings (SSSR count). The lowest BCUT2D eigenvalue weighted by Crippen LogP contribution is -2.29. The van der Waals surface area contributed by atoms with Crippen LogP contribution < -0.4 is 10.4 Å². The molecule has 0 fully saturated rings. The minimum atomic E-state index is -1.54. The van der Waals surface area contributed by atoms with E-state index in [4.69, 9.17) is 0 Å².